The lowest BCUT2D eigenvalue weighted by molar-refractivity contribution is 0.611. The van der Waals surface area contributed by atoms with E-state index in [1.54, 1.807) is 17.1 Å². The number of benzene rings is 1. The fourth-order valence-electron chi connectivity index (χ4n) is 1.99. The third-order valence-corrected chi connectivity index (χ3v) is 2.90. The van der Waals surface area contributed by atoms with Gasteiger partial charge in [-0.15, -0.1) is 0 Å². The van der Waals surface area contributed by atoms with Crippen LogP contribution < -0.4 is 0 Å². The van der Waals surface area contributed by atoms with Crippen molar-refractivity contribution < 1.29 is 0 Å². The van der Waals surface area contributed by atoms with E-state index < -0.39 is 0 Å². The zero-order chi connectivity index (χ0) is 12.9. The molecule has 0 fully saturated rings. The Hall–Kier alpha value is -2.62. The molecule has 94 valence electrons. The predicted octanol–water partition coefficient (Wildman–Crippen LogP) is 2.84. The Bertz CT molecular complexity index is 624. The van der Waals surface area contributed by atoms with Crippen molar-refractivity contribution in [3.05, 3.63) is 78.9 Å². The maximum atomic E-state index is 4.33. The molecule has 4 heteroatoms. The minimum absolute atomic E-state index is 0.0698. The zero-order valence-corrected chi connectivity index (χ0v) is 10.4. The number of aromatic nitrogens is 4. The number of hydrogen-bond acceptors (Lipinski definition) is 2. The van der Waals surface area contributed by atoms with Crippen LogP contribution in [0.5, 0.6) is 0 Å². The molecule has 3 aromatic rings. The van der Waals surface area contributed by atoms with E-state index in [0.29, 0.717) is 0 Å². The monoisotopic (exact) mass is 250 g/mol. The highest BCUT2D eigenvalue weighted by atomic mass is 15.3. The van der Waals surface area contributed by atoms with Gasteiger partial charge in [0, 0.05) is 31.0 Å². The molecule has 0 radical (unpaired) electrons. The van der Waals surface area contributed by atoms with Crippen molar-refractivity contribution in [3.63, 3.8) is 0 Å². The molecule has 0 aliphatic heterocycles. The smallest absolute Gasteiger partial charge is 0.0967 e. The minimum Gasteiger partial charge on any atom is -0.261 e. The largest absolute Gasteiger partial charge is 0.261 e. The first-order chi connectivity index (χ1) is 9.43. The number of hydrogen-bond donors (Lipinski definition) is 0. The predicted molar refractivity (Wildman–Crippen MR) is 74.4 cm³/mol. The van der Waals surface area contributed by atoms with Gasteiger partial charge in [-0.3, -0.25) is 4.68 Å². The SMILES string of the molecule is C(=C\n1cccn1)/C(c1ccccc1)n1cccn1. The molecule has 1 unspecified atom stereocenters. The van der Waals surface area contributed by atoms with E-state index in [1.165, 1.54) is 5.56 Å². The van der Waals surface area contributed by atoms with Crippen molar-refractivity contribution in [3.8, 4) is 0 Å². The van der Waals surface area contributed by atoms with Crippen LogP contribution >= 0.6 is 0 Å². The summed E-state index contributed by atoms with van der Waals surface area (Å²) < 4.78 is 3.70. The van der Waals surface area contributed by atoms with Crippen molar-refractivity contribution in [2.45, 2.75) is 6.04 Å². The second-order valence-electron chi connectivity index (χ2n) is 4.17. The second-order valence-corrected chi connectivity index (χ2v) is 4.17. The fourth-order valence-corrected chi connectivity index (χ4v) is 1.99. The third kappa shape index (κ3) is 2.63. The molecule has 0 spiro atoms. The van der Waals surface area contributed by atoms with Crippen LogP contribution in [0.1, 0.15) is 11.6 Å². The van der Waals surface area contributed by atoms with Gasteiger partial charge in [-0.1, -0.05) is 30.3 Å². The van der Waals surface area contributed by atoms with Crippen LogP contribution in [-0.4, -0.2) is 19.6 Å². The average molecular weight is 250 g/mol. The normalized spacial score (nSPS) is 12.8. The molecule has 0 saturated heterocycles. The van der Waals surface area contributed by atoms with Crippen LogP contribution in [-0.2, 0) is 0 Å². The van der Waals surface area contributed by atoms with Gasteiger partial charge in [0.15, 0.2) is 0 Å². The summed E-state index contributed by atoms with van der Waals surface area (Å²) in [6.07, 6.45) is 11.4. The Kier molecular flexibility index (Phi) is 3.23. The fraction of sp³-hybridized carbons (Fsp3) is 0.0667. The summed E-state index contributed by atoms with van der Waals surface area (Å²) in [6.45, 7) is 0. The van der Waals surface area contributed by atoms with Crippen molar-refractivity contribution in [1.29, 1.82) is 0 Å². The summed E-state index contributed by atoms with van der Waals surface area (Å²) in [5.74, 6) is 0. The quantitative estimate of drug-likeness (QED) is 0.713. The Morgan fingerprint density at radius 2 is 1.68 bits per heavy atom. The van der Waals surface area contributed by atoms with E-state index in [1.807, 2.05) is 53.6 Å². The first kappa shape index (κ1) is 11.5. The maximum Gasteiger partial charge on any atom is 0.0967 e. The van der Waals surface area contributed by atoms with Gasteiger partial charge < -0.3 is 0 Å². The van der Waals surface area contributed by atoms with Crippen molar-refractivity contribution in [2.75, 3.05) is 0 Å². The molecule has 0 N–H and O–H groups in total. The average Bonchev–Trinajstić information content (AvgIpc) is 3.13. The van der Waals surface area contributed by atoms with Gasteiger partial charge in [0.2, 0.25) is 0 Å². The summed E-state index contributed by atoms with van der Waals surface area (Å²) in [5.41, 5.74) is 1.19. The lowest BCUT2D eigenvalue weighted by Crippen LogP contribution is -2.08. The Balaban J connectivity index is 1.94. The van der Waals surface area contributed by atoms with Crippen LogP contribution in [0.4, 0.5) is 0 Å². The van der Waals surface area contributed by atoms with Crippen molar-refractivity contribution in [1.82, 2.24) is 19.6 Å². The summed E-state index contributed by atoms with van der Waals surface area (Å²) >= 11 is 0. The van der Waals surface area contributed by atoms with Gasteiger partial charge >= 0.3 is 0 Å². The molecule has 3 rings (SSSR count). The highest BCUT2D eigenvalue weighted by Gasteiger charge is 2.09. The zero-order valence-electron chi connectivity index (χ0n) is 10.4. The molecule has 0 bridgehead atoms. The summed E-state index contributed by atoms with van der Waals surface area (Å²) in [7, 11) is 0. The van der Waals surface area contributed by atoms with E-state index in [4.69, 9.17) is 0 Å². The number of nitrogens with zero attached hydrogens (tertiary/aromatic N) is 4. The first-order valence-electron chi connectivity index (χ1n) is 6.15. The van der Waals surface area contributed by atoms with Gasteiger partial charge in [-0.2, -0.15) is 10.2 Å². The Morgan fingerprint density at radius 1 is 0.895 bits per heavy atom. The van der Waals surface area contributed by atoms with E-state index in [9.17, 15) is 0 Å². The summed E-state index contributed by atoms with van der Waals surface area (Å²) in [4.78, 5) is 0. The molecule has 4 nitrogen and oxygen atoms in total. The van der Waals surface area contributed by atoms with Crippen LogP contribution in [0.15, 0.2) is 73.3 Å². The lowest BCUT2D eigenvalue weighted by atomic mass is 10.1. The molecule has 1 atom stereocenters. The first-order valence-corrected chi connectivity index (χ1v) is 6.15. The molecule has 2 aromatic heterocycles. The number of rotatable bonds is 4. The molecule has 0 saturated carbocycles. The molecule has 1 aromatic carbocycles. The Morgan fingerprint density at radius 3 is 2.37 bits per heavy atom. The molecule has 2 heterocycles. The van der Waals surface area contributed by atoms with Crippen LogP contribution in [0.3, 0.4) is 0 Å². The minimum atomic E-state index is 0.0698. The molecule has 0 amide bonds. The van der Waals surface area contributed by atoms with Gasteiger partial charge in [0.25, 0.3) is 0 Å². The van der Waals surface area contributed by atoms with E-state index >= 15 is 0 Å². The Labute approximate surface area is 111 Å². The topological polar surface area (TPSA) is 35.6 Å². The third-order valence-electron chi connectivity index (χ3n) is 2.90. The van der Waals surface area contributed by atoms with Gasteiger partial charge in [0.1, 0.15) is 0 Å². The van der Waals surface area contributed by atoms with Gasteiger partial charge in [-0.25, -0.2) is 4.68 Å². The van der Waals surface area contributed by atoms with Gasteiger partial charge in [-0.05, 0) is 23.8 Å². The summed E-state index contributed by atoms with van der Waals surface area (Å²) in [6, 6.07) is 14.2. The van der Waals surface area contributed by atoms with E-state index in [-0.39, 0.29) is 6.04 Å². The standard InChI is InChI=1S/C15H14N4/c1-2-6-14(7-3-1)15(19-12-5-10-17-19)8-13-18-11-4-9-16-18/h1-13,15H/b13-8+. The molecular formula is C15H14N4. The maximum absolute atomic E-state index is 4.33. The van der Waals surface area contributed by atoms with E-state index in [2.05, 4.69) is 28.4 Å². The second kappa shape index (κ2) is 5.35. The van der Waals surface area contributed by atoms with Crippen LogP contribution in [0, 0.1) is 0 Å². The summed E-state index contributed by atoms with van der Waals surface area (Å²) in [5, 5.41) is 8.49. The van der Waals surface area contributed by atoms with Gasteiger partial charge in [0.05, 0.1) is 6.04 Å². The molecule has 19 heavy (non-hydrogen) atoms. The highest BCUT2D eigenvalue weighted by Crippen LogP contribution is 2.18. The van der Waals surface area contributed by atoms with Crippen molar-refractivity contribution in [2.24, 2.45) is 0 Å². The molecule has 0 aliphatic rings. The number of allylic oxidation sites excluding steroid dienone is 1. The van der Waals surface area contributed by atoms with Crippen LogP contribution in [0.2, 0.25) is 0 Å². The molecule has 0 aliphatic carbocycles. The van der Waals surface area contributed by atoms with E-state index in [0.717, 1.165) is 0 Å². The lowest BCUT2D eigenvalue weighted by Gasteiger charge is -2.13. The highest BCUT2D eigenvalue weighted by molar-refractivity contribution is 5.31. The van der Waals surface area contributed by atoms with Crippen molar-refractivity contribution >= 4 is 6.20 Å². The molecular weight excluding hydrogens is 236 g/mol. The van der Waals surface area contributed by atoms with Crippen LogP contribution in [0.25, 0.3) is 6.20 Å².